The van der Waals surface area contributed by atoms with Crippen LogP contribution in [-0.4, -0.2) is 16.1 Å². The Morgan fingerprint density at radius 1 is 1.35 bits per heavy atom. The fourth-order valence-corrected chi connectivity index (χ4v) is 2.59. The van der Waals surface area contributed by atoms with Gasteiger partial charge in [-0.1, -0.05) is 6.07 Å². The second kappa shape index (κ2) is 4.04. The van der Waals surface area contributed by atoms with Gasteiger partial charge in [0.25, 0.3) is 0 Å². The zero-order chi connectivity index (χ0) is 11.8. The quantitative estimate of drug-likeness (QED) is 0.787. The molecule has 1 saturated heterocycles. The zero-order valence-electron chi connectivity index (χ0n) is 9.99. The number of benzene rings is 1. The van der Waals surface area contributed by atoms with Crippen molar-refractivity contribution in [3.63, 3.8) is 0 Å². The van der Waals surface area contributed by atoms with Crippen LogP contribution in [-0.2, 0) is 0 Å². The molecule has 1 fully saturated rings. The molecule has 0 amide bonds. The summed E-state index contributed by atoms with van der Waals surface area (Å²) < 4.78 is 1.86. The molecule has 1 unspecified atom stereocenters. The van der Waals surface area contributed by atoms with Gasteiger partial charge in [-0.2, -0.15) is 0 Å². The van der Waals surface area contributed by atoms with Gasteiger partial charge in [0.15, 0.2) is 0 Å². The Balaban J connectivity index is 2.16. The summed E-state index contributed by atoms with van der Waals surface area (Å²) in [6.45, 7) is 3.05. The summed E-state index contributed by atoms with van der Waals surface area (Å²) in [5.41, 5.74) is 3.11. The van der Waals surface area contributed by atoms with E-state index in [1.165, 1.54) is 18.4 Å². The first-order chi connectivity index (χ1) is 8.25. The number of hydrogen-bond donors (Lipinski definition) is 2. The monoisotopic (exact) mass is 231 g/mol. The first-order valence-corrected chi connectivity index (χ1v) is 6.20. The van der Waals surface area contributed by atoms with E-state index >= 15 is 0 Å². The van der Waals surface area contributed by atoms with E-state index in [2.05, 4.69) is 23.3 Å². The molecule has 4 nitrogen and oxygen atoms in total. The fraction of sp³-hybridized carbons (Fsp3) is 0.462. The Hall–Kier alpha value is -1.55. The summed E-state index contributed by atoms with van der Waals surface area (Å²) in [6, 6.07) is 6.08. The van der Waals surface area contributed by atoms with E-state index in [0.29, 0.717) is 0 Å². The number of imidazole rings is 1. The number of H-pyrrole nitrogens is 1. The number of nitrogens with one attached hydrogen (secondary N) is 2. The second-order valence-electron chi connectivity index (χ2n) is 4.79. The van der Waals surface area contributed by atoms with E-state index in [1.807, 2.05) is 16.7 Å². The Kier molecular flexibility index (Phi) is 2.52. The smallest absolute Gasteiger partial charge is 0.305 e. The molecule has 4 heteroatoms. The Labute approximate surface area is 99.6 Å². The van der Waals surface area contributed by atoms with Crippen LogP contribution in [0.5, 0.6) is 0 Å². The highest BCUT2D eigenvalue weighted by Gasteiger charge is 2.18. The number of piperidine rings is 1. The van der Waals surface area contributed by atoms with E-state index < -0.39 is 0 Å². The predicted octanol–water partition coefficient (Wildman–Crippen LogP) is 1.91. The summed E-state index contributed by atoms with van der Waals surface area (Å²) in [7, 11) is 0. The number of aryl methyl sites for hydroxylation is 1. The van der Waals surface area contributed by atoms with Crippen molar-refractivity contribution in [1.82, 2.24) is 14.9 Å². The van der Waals surface area contributed by atoms with E-state index in [0.717, 1.165) is 24.0 Å². The number of nitrogens with zero attached hydrogens (tertiary/aromatic N) is 1. The number of rotatable bonds is 1. The molecule has 0 radical (unpaired) electrons. The second-order valence-corrected chi connectivity index (χ2v) is 4.79. The standard InChI is InChI=1S/C13H17N3O/c1-9-5-6-10-11(8-9)16(13(17)15-10)12-4-2-3-7-14-12/h5-6,8,12,14H,2-4,7H2,1H3,(H,15,17). The van der Waals surface area contributed by atoms with Gasteiger partial charge in [-0.3, -0.25) is 9.88 Å². The van der Waals surface area contributed by atoms with Crippen molar-refractivity contribution in [2.75, 3.05) is 6.54 Å². The SMILES string of the molecule is Cc1ccc2[nH]c(=O)n(C3CCCCN3)c2c1. The van der Waals surface area contributed by atoms with E-state index in [1.54, 1.807) is 0 Å². The summed E-state index contributed by atoms with van der Waals surface area (Å²) in [4.78, 5) is 14.9. The van der Waals surface area contributed by atoms with Gasteiger partial charge in [0.05, 0.1) is 17.2 Å². The van der Waals surface area contributed by atoms with Crippen molar-refractivity contribution in [3.05, 3.63) is 34.2 Å². The zero-order valence-corrected chi connectivity index (χ0v) is 9.99. The van der Waals surface area contributed by atoms with E-state index in [-0.39, 0.29) is 11.9 Å². The lowest BCUT2D eigenvalue weighted by molar-refractivity contribution is 0.321. The number of aromatic nitrogens is 2. The molecule has 0 aliphatic carbocycles. The molecular weight excluding hydrogens is 214 g/mol. The van der Waals surface area contributed by atoms with Crippen LogP contribution in [0.4, 0.5) is 0 Å². The molecule has 1 aliphatic rings. The third-order valence-corrected chi connectivity index (χ3v) is 3.47. The van der Waals surface area contributed by atoms with Crippen molar-refractivity contribution in [2.45, 2.75) is 32.4 Å². The molecule has 2 N–H and O–H groups in total. The minimum atomic E-state index is -0.00926. The molecule has 0 saturated carbocycles. The molecule has 1 aromatic carbocycles. The predicted molar refractivity (Wildman–Crippen MR) is 68.2 cm³/mol. The molecule has 17 heavy (non-hydrogen) atoms. The molecule has 3 rings (SSSR count). The van der Waals surface area contributed by atoms with Gasteiger partial charge in [-0.15, -0.1) is 0 Å². The maximum Gasteiger partial charge on any atom is 0.327 e. The van der Waals surface area contributed by atoms with Gasteiger partial charge < -0.3 is 4.98 Å². The van der Waals surface area contributed by atoms with E-state index in [9.17, 15) is 4.79 Å². The first kappa shape index (κ1) is 10.6. The summed E-state index contributed by atoms with van der Waals surface area (Å²) in [6.07, 6.45) is 3.56. The van der Waals surface area contributed by atoms with Crippen molar-refractivity contribution < 1.29 is 0 Å². The topological polar surface area (TPSA) is 49.8 Å². The van der Waals surface area contributed by atoms with Crippen LogP contribution in [0, 0.1) is 6.92 Å². The maximum absolute atomic E-state index is 12.0. The normalized spacial score (nSPS) is 20.9. The van der Waals surface area contributed by atoms with Gasteiger partial charge in [0.1, 0.15) is 0 Å². The van der Waals surface area contributed by atoms with Crippen LogP contribution in [0.1, 0.15) is 31.0 Å². The van der Waals surface area contributed by atoms with Crippen LogP contribution in [0.3, 0.4) is 0 Å². The minimum absolute atomic E-state index is 0.00926. The van der Waals surface area contributed by atoms with Gasteiger partial charge in [0, 0.05) is 0 Å². The fourth-order valence-electron chi connectivity index (χ4n) is 2.59. The lowest BCUT2D eigenvalue weighted by Gasteiger charge is -2.24. The van der Waals surface area contributed by atoms with Crippen LogP contribution in [0.2, 0.25) is 0 Å². The van der Waals surface area contributed by atoms with Gasteiger partial charge in [-0.25, -0.2) is 4.79 Å². The minimum Gasteiger partial charge on any atom is -0.305 e. The van der Waals surface area contributed by atoms with Gasteiger partial charge in [-0.05, 0) is 50.4 Å². The molecule has 0 bridgehead atoms. The Morgan fingerprint density at radius 3 is 3.00 bits per heavy atom. The summed E-state index contributed by atoms with van der Waals surface area (Å²) >= 11 is 0. The average molecular weight is 231 g/mol. The molecule has 0 spiro atoms. The molecule has 2 aromatic rings. The number of hydrogen-bond acceptors (Lipinski definition) is 2. The Bertz CT molecular complexity index is 590. The average Bonchev–Trinajstić information content (AvgIpc) is 2.65. The van der Waals surface area contributed by atoms with Crippen molar-refractivity contribution in [2.24, 2.45) is 0 Å². The van der Waals surface area contributed by atoms with E-state index in [4.69, 9.17) is 0 Å². The molecule has 1 aliphatic heterocycles. The van der Waals surface area contributed by atoms with Crippen LogP contribution >= 0.6 is 0 Å². The number of aromatic amines is 1. The van der Waals surface area contributed by atoms with Crippen LogP contribution in [0.15, 0.2) is 23.0 Å². The Morgan fingerprint density at radius 2 is 2.24 bits per heavy atom. The first-order valence-electron chi connectivity index (χ1n) is 6.20. The lowest BCUT2D eigenvalue weighted by atomic mass is 10.1. The maximum atomic E-state index is 12.0. The summed E-state index contributed by atoms with van der Waals surface area (Å²) in [5.74, 6) is 0. The van der Waals surface area contributed by atoms with Gasteiger partial charge in [0.2, 0.25) is 0 Å². The van der Waals surface area contributed by atoms with Crippen molar-refractivity contribution in [3.8, 4) is 0 Å². The lowest BCUT2D eigenvalue weighted by Crippen LogP contribution is -2.36. The third kappa shape index (κ3) is 1.78. The van der Waals surface area contributed by atoms with Crippen molar-refractivity contribution in [1.29, 1.82) is 0 Å². The van der Waals surface area contributed by atoms with Crippen LogP contribution in [0.25, 0.3) is 11.0 Å². The highest BCUT2D eigenvalue weighted by atomic mass is 16.1. The molecule has 1 aromatic heterocycles. The van der Waals surface area contributed by atoms with Gasteiger partial charge >= 0.3 is 5.69 Å². The van der Waals surface area contributed by atoms with Crippen LogP contribution < -0.4 is 11.0 Å². The highest BCUT2D eigenvalue weighted by molar-refractivity contribution is 5.76. The third-order valence-electron chi connectivity index (χ3n) is 3.47. The molecule has 90 valence electrons. The molecular formula is C13H17N3O. The molecule has 1 atom stereocenters. The van der Waals surface area contributed by atoms with Crippen molar-refractivity contribution >= 4 is 11.0 Å². The highest BCUT2D eigenvalue weighted by Crippen LogP contribution is 2.20. The largest absolute Gasteiger partial charge is 0.327 e. The molecule has 2 heterocycles. The number of fused-ring (bicyclic) bond motifs is 1. The summed E-state index contributed by atoms with van der Waals surface area (Å²) in [5, 5.41) is 3.42.